The van der Waals surface area contributed by atoms with Gasteiger partial charge < -0.3 is 30.4 Å². The van der Waals surface area contributed by atoms with E-state index in [0.717, 1.165) is 0 Å². The molecule has 2 aliphatic heterocycles. The molecule has 6 atom stereocenters. The smallest absolute Gasteiger partial charge is 0.475 e. The number of phosphoric acid groups is 1. The number of fused-ring (bicyclic) bond motifs is 1. The van der Waals surface area contributed by atoms with Crippen LogP contribution in [0.15, 0.2) is 41.5 Å². The van der Waals surface area contributed by atoms with E-state index in [-0.39, 0.29) is 23.6 Å². The summed E-state index contributed by atoms with van der Waals surface area (Å²) in [4.78, 5) is 31.8. The molecule has 5 rings (SSSR count). The molecular weight excluding hydrogens is 582 g/mol. The van der Waals surface area contributed by atoms with Crippen LogP contribution in [0.25, 0.3) is 11.0 Å². The number of carbonyl (C=O) groups is 1. The molecule has 3 aromatic rings. The molecule has 0 saturated carbocycles. The van der Waals surface area contributed by atoms with Gasteiger partial charge in [0.2, 0.25) is 5.95 Å². The van der Waals surface area contributed by atoms with Crippen LogP contribution in [-0.2, 0) is 27.7 Å². The van der Waals surface area contributed by atoms with Gasteiger partial charge in [-0.1, -0.05) is 6.07 Å². The standard InChI is InChI=1S/C20H24N5O8P.C2HF3O2/c1-20(28)15(26)14(32-18(20)25-8-5-11-16(25)23-19(21)24-17(11)27)10-31-34(29)30-9-6-13(33-34)12-4-2-3-7-22-12;3-2(4,5)1(6)7/h2-5,7-8,13-15,18,26,28H,6,9-10H2,1H3,(H3,21,23,24,27);(H,6,7)/t13-,14+,15+,18+,20+,34+;/m0./s1. The number of nitrogens with one attached hydrogen (secondary N) is 1. The van der Waals surface area contributed by atoms with E-state index >= 15 is 0 Å². The van der Waals surface area contributed by atoms with Gasteiger partial charge in [-0.2, -0.15) is 18.2 Å². The molecule has 6 N–H and O–H groups in total. The summed E-state index contributed by atoms with van der Waals surface area (Å²) in [5.41, 5.74) is 4.16. The van der Waals surface area contributed by atoms with Crippen LogP contribution in [0, 0.1) is 0 Å². The number of nitrogen functional groups attached to an aromatic ring is 1. The largest absolute Gasteiger partial charge is 0.490 e. The number of ether oxygens (including phenoxy) is 1. The third-order valence-electron chi connectivity index (χ3n) is 6.15. The van der Waals surface area contributed by atoms with E-state index in [1.807, 2.05) is 0 Å². The van der Waals surface area contributed by atoms with Gasteiger partial charge in [-0.25, -0.2) is 9.36 Å². The third-order valence-corrected chi connectivity index (χ3v) is 7.63. The summed E-state index contributed by atoms with van der Waals surface area (Å²) in [5, 5.41) is 29.1. The van der Waals surface area contributed by atoms with Crippen molar-refractivity contribution in [3.63, 3.8) is 0 Å². The molecule has 3 aromatic heterocycles. The summed E-state index contributed by atoms with van der Waals surface area (Å²) >= 11 is 0. The highest BCUT2D eigenvalue weighted by Crippen LogP contribution is 2.57. The van der Waals surface area contributed by atoms with Gasteiger partial charge in [-0.3, -0.25) is 28.3 Å². The van der Waals surface area contributed by atoms with E-state index in [1.165, 1.54) is 23.8 Å². The molecule has 5 heterocycles. The fourth-order valence-corrected chi connectivity index (χ4v) is 5.52. The Labute approximate surface area is 228 Å². The summed E-state index contributed by atoms with van der Waals surface area (Å²) in [6.07, 6.45) is -5.79. The molecule has 0 spiro atoms. The molecule has 0 aliphatic carbocycles. The van der Waals surface area contributed by atoms with Crippen LogP contribution in [0.1, 0.15) is 31.4 Å². The molecule has 19 heteroatoms. The Bertz CT molecular complexity index is 1500. The highest BCUT2D eigenvalue weighted by molar-refractivity contribution is 7.48. The molecule has 0 unspecified atom stereocenters. The highest BCUT2D eigenvalue weighted by atomic mass is 31.2. The fraction of sp³-hybridized carbons (Fsp3) is 0.455. The molecule has 0 amide bonds. The summed E-state index contributed by atoms with van der Waals surface area (Å²) in [6.45, 7) is 1.11. The minimum Gasteiger partial charge on any atom is -0.475 e. The van der Waals surface area contributed by atoms with E-state index in [4.69, 9.17) is 33.9 Å². The molecule has 0 radical (unpaired) electrons. The van der Waals surface area contributed by atoms with Crippen LogP contribution in [0.3, 0.4) is 0 Å². The second-order valence-electron chi connectivity index (χ2n) is 9.13. The molecule has 2 saturated heterocycles. The Morgan fingerprint density at radius 3 is 2.71 bits per heavy atom. The first-order valence-electron chi connectivity index (χ1n) is 11.8. The molecule has 41 heavy (non-hydrogen) atoms. The number of phosphoric ester groups is 1. The summed E-state index contributed by atoms with van der Waals surface area (Å²) in [6, 6.07) is 6.79. The van der Waals surface area contributed by atoms with Gasteiger partial charge in [0.25, 0.3) is 5.56 Å². The maximum absolute atomic E-state index is 13.0. The van der Waals surface area contributed by atoms with Gasteiger partial charge in [0, 0.05) is 18.8 Å². The Morgan fingerprint density at radius 1 is 1.37 bits per heavy atom. The number of rotatable bonds is 5. The molecule has 0 bridgehead atoms. The zero-order valence-corrected chi connectivity index (χ0v) is 22.0. The number of H-pyrrole nitrogens is 1. The number of aliphatic hydroxyl groups is 2. The van der Waals surface area contributed by atoms with Crippen LogP contribution in [0.4, 0.5) is 19.1 Å². The number of pyridine rings is 1. The van der Waals surface area contributed by atoms with Crippen molar-refractivity contribution in [2.45, 2.75) is 49.7 Å². The van der Waals surface area contributed by atoms with Crippen LogP contribution >= 0.6 is 7.82 Å². The zero-order valence-electron chi connectivity index (χ0n) is 21.1. The monoisotopic (exact) mass is 607 g/mol. The lowest BCUT2D eigenvalue weighted by Crippen LogP contribution is -2.44. The average Bonchev–Trinajstić information content (AvgIpc) is 3.41. The number of aromatic nitrogens is 4. The number of nitrogens with two attached hydrogens (primary N) is 1. The maximum atomic E-state index is 13.0. The number of aromatic amines is 1. The first-order chi connectivity index (χ1) is 19.1. The van der Waals surface area contributed by atoms with Gasteiger partial charge >= 0.3 is 20.0 Å². The second kappa shape index (κ2) is 11.5. The number of carboxylic acids is 1. The fourth-order valence-electron chi connectivity index (χ4n) is 4.14. The molecule has 2 fully saturated rings. The number of alkyl halides is 3. The third kappa shape index (κ3) is 6.59. The first kappa shape index (κ1) is 30.6. The second-order valence-corrected chi connectivity index (χ2v) is 10.7. The summed E-state index contributed by atoms with van der Waals surface area (Å²) < 4.78 is 68.3. The number of anilines is 1. The van der Waals surface area contributed by atoms with E-state index in [1.54, 1.807) is 24.4 Å². The van der Waals surface area contributed by atoms with E-state index in [2.05, 4.69) is 15.0 Å². The predicted octanol–water partition coefficient (Wildman–Crippen LogP) is 1.65. The molecule has 2 aliphatic rings. The lowest BCUT2D eigenvalue weighted by molar-refractivity contribution is -0.192. The van der Waals surface area contributed by atoms with E-state index < -0.39 is 62.3 Å². The Balaban J connectivity index is 0.000000493. The van der Waals surface area contributed by atoms with Gasteiger partial charge in [-0.15, -0.1) is 0 Å². The van der Waals surface area contributed by atoms with Crippen LogP contribution in [0.2, 0.25) is 0 Å². The molecule has 224 valence electrons. The number of nitrogens with zero attached hydrogens (tertiary/aromatic N) is 3. The lowest BCUT2D eigenvalue weighted by Gasteiger charge is -2.29. The number of aliphatic hydroxyl groups excluding tert-OH is 1. The van der Waals surface area contributed by atoms with Crippen molar-refractivity contribution in [2.75, 3.05) is 18.9 Å². The number of hydrogen-bond acceptors (Lipinski definition) is 12. The molecular formula is C22H25F3N5O10P. The summed E-state index contributed by atoms with van der Waals surface area (Å²) in [7, 11) is -3.98. The topological polar surface area (TPSA) is 221 Å². The van der Waals surface area contributed by atoms with E-state index in [9.17, 15) is 32.7 Å². The number of carboxylic acid groups (broad SMARTS) is 1. The van der Waals surface area contributed by atoms with Crippen molar-refractivity contribution in [3.8, 4) is 0 Å². The SMILES string of the molecule is C[C@@]1(O)[C@H](O)[C@@H](CO[P@@]2(=O)OCC[C@@H](c3ccccn3)O2)O[C@H]1n1ccc2c(=O)[nH]c(N)nc21.O=C(O)C(F)(F)F. The van der Waals surface area contributed by atoms with Crippen molar-refractivity contribution < 1.29 is 56.2 Å². The molecule has 0 aromatic carbocycles. The average molecular weight is 607 g/mol. The van der Waals surface area contributed by atoms with Crippen molar-refractivity contribution in [3.05, 3.63) is 52.7 Å². The minimum absolute atomic E-state index is 0.109. The van der Waals surface area contributed by atoms with Gasteiger partial charge in [-0.05, 0) is 25.1 Å². The quantitative estimate of drug-likeness (QED) is 0.261. The minimum atomic E-state index is -5.08. The van der Waals surface area contributed by atoms with Crippen LogP contribution < -0.4 is 11.3 Å². The van der Waals surface area contributed by atoms with Crippen LogP contribution in [0.5, 0.6) is 0 Å². The Kier molecular flexibility index (Phi) is 8.56. The van der Waals surface area contributed by atoms with Gasteiger partial charge in [0.05, 0.1) is 24.3 Å². The first-order valence-corrected chi connectivity index (χ1v) is 13.3. The molecule has 15 nitrogen and oxygen atoms in total. The highest BCUT2D eigenvalue weighted by Gasteiger charge is 2.54. The normalized spacial score (nSPS) is 30.1. The van der Waals surface area contributed by atoms with Gasteiger partial charge in [0.1, 0.15) is 23.9 Å². The number of halogens is 3. The Morgan fingerprint density at radius 2 is 2.07 bits per heavy atom. The van der Waals surface area contributed by atoms with Crippen molar-refractivity contribution in [1.82, 2.24) is 19.5 Å². The predicted molar refractivity (Wildman–Crippen MR) is 131 cm³/mol. The van der Waals surface area contributed by atoms with Crippen molar-refractivity contribution >= 4 is 30.8 Å². The lowest BCUT2D eigenvalue weighted by atomic mass is 9.96. The number of aliphatic carboxylic acids is 1. The van der Waals surface area contributed by atoms with Crippen molar-refractivity contribution in [2.24, 2.45) is 0 Å². The maximum Gasteiger partial charge on any atom is 0.490 e. The summed E-state index contributed by atoms with van der Waals surface area (Å²) in [5.74, 6) is -2.87. The zero-order chi connectivity index (χ0) is 30.2. The van der Waals surface area contributed by atoms with Crippen molar-refractivity contribution in [1.29, 1.82) is 0 Å². The Hall–Kier alpha value is -3.38. The number of hydrogen-bond donors (Lipinski definition) is 5. The van der Waals surface area contributed by atoms with E-state index in [0.29, 0.717) is 12.1 Å². The van der Waals surface area contributed by atoms with Gasteiger partial charge in [0.15, 0.2) is 11.9 Å². The van der Waals surface area contributed by atoms with Crippen LogP contribution in [-0.4, -0.2) is 78.0 Å².